The first kappa shape index (κ1) is 7.57. The molecule has 0 saturated carbocycles. The minimum atomic E-state index is 0.619. The van der Waals surface area contributed by atoms with Gasteiger partial charge in [0.2, 0.25) is 0 Å². The molecule has 0 aliphatic rings. The number of nitroso groups, excluding NO2 is 1. The van der Waals surface area contributed by atoms with Crippen LogP contribution in [0.4, 0.5) is 0 Å². The third-order valence-electron chi connectivity index (χ3n) is 0.939. The average Bonchev–Trinajstić information content (AvgIpc) is 1.88. The highest BCUT2D eigenvalue weighted by atomic mass is 35.5. The van der Waals surface area contributed by atoms with Gasteiger partial charge in [-0.1, -0.05) is 17.7 Å². The molecule has 0 fully saturated rings. The summed E-state index contributed by atoms with van der Waals surface area (Å²) in [5.41, 5.74) is 0. The summed E-state index contributed by atoms with van der Waals surface area (Å²) in [5.74, 6) is 0. The number of halogens is 1. The van der Waals surface area contributed by atoms with Gasteiger partial charge in [0.1, 0.15) is 0 Å². The van der Waals surface area contributed by atoms with Crippen LogP contribution in [0.25, 0.3) is 0 Å². The van der Waals surface area contributed by atoms with Gasteiger partial charge in [-0.15, -0.1) is 4.91 Å². The Kier molecular flexibility index (Phi) is 2.71. The van der Waals surface area contributed by atoms with Crippen molar-refractivity contribution in [3.8, 4) is 0 Å². The number of benzene rings is 1. The second-order valence-corrected chi connectivity index (χ2v) is 2.86. The van der Waals surface area contributed by atoms with Crippen LogP contribution < -0.4 is 0 Å². The molecule has 1 rings (SSSR count). The van der Waals surface area contributed by atoms with Gasteiger partial charge in [0.15, 0.2) is 0 Å². The van der Waals surface area contributed by atoms with Crippen molar-refractivity contribution in [2.24, 2.45) is 4.58 Å². The molecule has 52 valence electrons. The Balaban J connectivity index is 2.84. The van der Waals surface area contributed by atoms with Crippen LogP contribution in [0.15, 0.2) is 33.7 Å². The molecule has 2 nitrogen and oxygen atoms in total. The first-order valence-corrected chi connectivity index (χ1v) is 3.73. The Morgan fingerprint density at radius 1 is 1.50 bits per heavy atom. The largest absolute Gasteiger partial charge is 0.137 e. The van der Waals surface area contributed by atoms with Crippen LogP contribution in [-0.4, -0.2) is 0 Å². The van der Waals surface area contributed by atoms with Crippen LogP contribution in [0.3, 0.4) is 0 Å². The topological polar surface area (TPSA) is 29.4 Å². The van der Waals surface area contributed by atoms with Gasteiger partial charge in [-0.3, -0.25) is 0 Å². The Hall–Kier alpha value is -0.540. The van der Waals surface area contributed by atoms with Crippen molar-refractivity contribution in [2.45, 2.75) is 4.90 Å². The molecule has 0 N–H and O–H groups in total. The van der Waals surface area contributed by atoms with Gasteiger partial charge in [0.25, 0.3) is 0 Å². The zero-order valence-electron chi connectivity index (χ0n) is 4.95. The molecule has 0 aromatic heterocycles. The Morgan fingerprint density at radius 3 is 2.90 bits per heavy atom. The van der Waals surface area contributed by atoms with E-state index < -0.39 is 0 Å². The Morgan fingerprint density at radius 2 is 2.30 bits per heavy atom. The van der Waals surface area contributed by atoms with Gasteiger partial charge >= 0.3 is 0 Å². The number of hydrogen-bond donors (Lipinski definition) is 0. The van der Waals surface area contributed by atoms with Gasteiger partial charge in [-0.2, -0.15) is 0 Å². The summed E-state index contributed by atoms with van der Waals surface area (Å²) in [6, 6.07) is 6.98. The van der Waals surface area contributed by atoms with E-state index in [1.54, 1.807) is 24.3 Å². The lowest BCUT2D eigenvalue weighted by Gasteiger charge is -1.91. The zero-order valence-corrected chi connectivity index (χ0v) is 6.52. The molecule has 0 spiro atoms. The monoisotopic (exact) mass is 173 g/mol. The summed E-state index contributed by atoms with van der Waals surface area (Å²) in [6.45, 7) is 0. The predicted octanol–water partition coefficient (Wildman–Crippen LogP) is 3.11. The van der Waals surface area contributed by atoms with E-state index in [2.05, 4.69) is 4.58 Å². The van der Waals surface area contributed by atoms with Crippen LogP contribution in [0.5, 0.6) is 0 Å². The van der Waals surface area contributed by atoms with Crippen molar-refractivity contribution >= 4 is 23.5 Å². The number of rotatable bonds is 2. The maximum atomic E-state index is 9.76. The number of nitrogens with zero attached hydrogens (tertiary/aromatic N) is 1. The molecule has 1 aromatic carbocycles. The van der Waals surface area contributed by atoms with Gasteiger partial charge in [0.05, 0.1) is 11.9 Å². The van der Waals surface area contributed by atoms with Crippen LogP contribution in [0, 0.1) is 4.91 Å². The van der Waals surface area contributed by atoms with Crippen molar-refractivity contribution in [3.05, 3.63) is 34.2 Å². The molecule has 0 heterocycles. The molecule has 0 amide bonds. The van der Waals surface area contributed by atoms with E-state index in [9.17, 15) is 4.91 Å². The van der Waals surface area contributed by atoms with Crippen LogP contribution in [0.2, 0.25) is 5.02 Å². The van der Waals surface area contributed by atoms with E-state index in [-0.39, 0.29) is 0 Å². The number of hydrogen-bond acceptors (Lipinski definition) is 3. The molecule has 4 heteroatoms. The lowest BCUT2D eigenvalue weighted by molar-refractivity contribution is 1.46. The fraction of sp³-hybridized carbons (Fsp3) is 0. The quantitative estimate of drug-likeness (QED) is 0.508. The van der Waals surface area contributed by atoms with Crippen molar-refractivity contribution in [1.82, 2.24) is 0 Å². The molecular weight excluding hydrogens is 170 g/mol. The van der Waals surface area contributed by atoms with Crippen molar-refractivity contribution in [1.29, 1.82) is 0 Å². The van der Waals surface area contributed by atoms with Crippen LogP contribution >= 0.6 is 23.5 Å². The molecular formula is C6H4ClNOS. The highest BCUT2D eigenvalue weighted by molar-refractivity contribution is 7.98. The van der Waals surface area contributed by atoms with Gasteiger partial charge in [0, 0.05) is 14.5 Å². The lowest BCUT2D eigenvalue weighted by atomic mass is 10.4. The van der Waals surface area contributed by atoms with Crippen LogP contribution in [-0.2, 0) is 0 Å². The highest BCUT2D eigenvalue weighted by Gasteiger charge is 1.92. The highest BCUT2D eigenvalue weighted by Crippen LogP contribution is 2.21. The summed E-state index contributed by atoms with van der Waals surface area (Å²) in [6.07, 6.45) is 0. The van der Waals surface area contributed by atoms with Gasteiger partial charge in [-0.25, -0.2) is 0 Å². The van der Waals surface area contributed by atoms with Crippen LogP contribution in [0.1, 0.15) is 0 Å². The molecule has 1 aromatic rings. The fourth-order valence-electron chi connectivity index (χ4n) is 0.567. The predicted molar refractivity (Wildman–Crippen MR) is 43.1 cm³/mol. The standard InChI is InChI=1S/C6H4ClNOS/c7-5-2-1-3-6(4-5)10-8-9/h1-4H. The SMILES string of the molecule is O=NSc1cccc(Cl)c1. The summed E-state index contributed by atoms with van der Waals surface area (Å²) in [4.78, 5) is 10.5. The van der Waals surface area contributed by atoms with Crippen molar-refractivity contribution < 1.29 is 0 Å². The van der Waals surface area contributed by atoms with Crippen molar-refractivity contribution in [3.63, 3.8) is 0 Å². The van der Waals surface area contributed by atoms with E-state index in [0.717, 1.165) is 16.8 Å². The van der Waals surface area contributed by atoms with E-state index in [4.69, 9.17) is 11.6 Å². The van der Waals surface area contributed by atoms with E-state index in [1.807, 2.05) is 0 Å². The molecule has 0 unspecified atom stereocenters. The maximum absolute atomic E-state index is 9.76. The summed E-state index contributed by atoms with van der Waals surface area (Å²) < 4.78 is 2.66. The summed E-state index contributed by atoms with van der Waals surface area (Å²) >= 11 is 6.50. The van der Waals surface area contributed by atoms with E-state index in [0.29, 0.717) is 5.02 Å². The minimum absolute atomic E-state index is 0.619. The maximum Gasteiger partial charge on any atom is 0.0571 e. The third kappa shape index (κ3) is 2.01. The normalized spacial score (nSPS) is 9.30. The lowest BCUT2D eigenvalue weighted by Crippen LogP contribution is -1.66. The molecule has 0 atom stereocenters. The third-order valence-corrected chi connectivity index (χ3v) is 1.71. The molecule has 0 saturated heterocycles. The smallest absolute Gasteiger partial charge is 0.0571 e. The average molecular weight is 174 g/mol. The molecule has 0 bridgehead atoms. The van der Waals surface area contributed by atoms with E-state index >= 15 is 0 Å². The molecule has 10 heavy (non-hydrogen) atoms. The van der Waals surface area contributed by atoms with Crippen molar-refractivity contribution in [2.75, 3.05) is 0 Å². The van der Waals surface area contributed by atoms with E-state index in [1.165, 1.54) is 0 Å². The fourth-order valence-corrected chi connectivity index (χ4v) is 1.23. The van der Waals surface area contributed by atoms with Gasteiger partial charge < -0.3 is 0 Å². The molecule has 0 aliphatic carbocycles. The minimum Gasteiger partial charge on any atom is -0.137 e. The second kappa shape index (κ2) is 3.58. The molecule has 0 radical (unpaired) electrons. The Bertz CT molecular complexity index is 241. The first-order chi connectivity index (χ1) is 4.83. The summed E-state index contributed by atoms with van der Waals surface area (Å²) in [7, 11) is 0. The molecule has 0 aliphatic heterocycles. The van der Waals surface area contributed by atoms with Gasteiger partial charge in [-0.05, 0) is 18.2 Å². The first-order valence-electron chi connectivity index (χ1n) is 2.58. The Labute approximate surface area is 67.7 Å². The zero-order chi connectivity index (χ0) is 7.40. The summed E-state index contributed by atoms with van der Waals surface area (Å²) in [5, 5.41) is 0.619. The second-order valence-electron chi connectivity index (χ2n) is 1.62.